The van der Waals surface area contributed by atoms with E-state index in [2.05, 4.69) is 39.2 Å². The lowest BCUT2D eigenvalue weighted by Crippen LogP contribution is -2.42. The van der Waals surface area contributed by atoms with Crippen LogP contribution in [-0.2, 0) is 19.5 Å². The lowest BCUT2D eigenvalue weighted by molar-refractivity contribution is 0.322. The van der Waals surface area contributed by atoms with E-state index in [1.807, 2.05) is 0 Å². The Morgan fingerprint density at radius 1 is 1.24 bits per heavy atom. The minimum absolute atomic E-state index is 0.448. The van der Waals surface area contributed by atoms with E-state index in [4.69, 9.17) is 4.99 Å². The average molecular weight is 347 g/mol. The molecule has 0 spiro atoms. The van der Waals surface area contributed by atoms with Crippen molar-refractivity contribution in [2.45, 2.75) is 90.8 Å². The van der Waals surface area contributed by atoms with E-state index < -0.39 is 0 Å². The van der Waals surface area contributed by atoms with Crippen LogP contribution in [0.5, 0.6) is 0 Å². The fourth-order valence-corrected chi connectivity index (χ4v) is 4.06. The lowest BCUT2D eigenvalue weighted by atomic mass is 9.85. The molecule has 0 aromatic carbocycles. The van der Waals surface area contributed by atoms with Gasteiger partial charge in [-0.2, -0.15) is 0 Å². The van der Waals surface area contributed by atoms with Crippen molar-refractivity contribution >= 4 is 5.96 Å². The molecule has 1 saturated carbocycles. The molecule has 0 radical (unpaired) electrons. The zero-order chi connectivity index (χ0) is 17.5. The van der Waals surface area contributed by atoms with Crippen molar-refractivity contribution in [2.24, 2.45) is 10.9 Å². The molecule has 1 fully saturated rings. The fraction of sp³-hybridized carbons (Fsp3) is 0.842. The molecule has 1 atom stereocenters. The summed E-state index contributed by atoms with van der Waals surface area (Å²) in [4.78, 5) is 4.74. The Bertz CT molecular complexity index is 558. The Balaban J connectivity index is 1.49. The highest BCUT2D eigenvalue weighted by Gasteiger charge is 2.17. The van der Waals surface area contributed by atoms with Gasteiger partial charge in [0.1, 0.15) is 12.4 Å². The standard InChI is InChI=1S/C19H34N6/c1-3-20-19(21-14-18-24-23-17-10-7-13-25(17)18)22-15(2)11-12-16-8-5-4-6-9-16/h15-16H,3-14H2,1-2H3,(H2,20,21,22). The van der Waals surface area contributed by atoms with Gasteiger partial charge >= 0.3 is 0 Å². The van der Waals surface area contributed by atoms with E-state index in [1.165, 1.54) is 51.4 Å². The number of fused-ring (bicyclic) bond motifs is 1. The summed E-state index contributed by atoms with van der Waals surface area (Å²) in [5.74, 6) is 3.94. The van der Waals surface area contributed by atoms with Gasteiger partial charge in [0.25, 0.3) is 0 Å². The van der Waals surface area contributed by atoms with Crippen molar-refractivity contribution in [1.82, 2.24) is 25.4 Å². The molecule has 2 aliphatic rings. The molecule has 1 aliphatic heterocycles. The molecule has 2 heterocycles. The van der Waals surface area contributed by atoms with Crippen LogP contribution in [0.1, 0.15) is 76.9 Å². The van der Waals surface area contributed by atoms with E-state index in [-0.39, 0.29) is 0 Å². The smallest absolute Gasteiger partial charge is 0.191 e. The van der Waals surface area contributed by atoms with Gasteiger partial charge in [0.05, 0.1) is 0 Å². The van der Waals surface area contributed by atoms with Crippen molar-refractivity contribution < 1.29 is 0 Å². The maximum Gasteiger partial charge on any atom is 0.191 e. The lowest BCUT2D eigenvalue weighted by Gasteiger charge is -2.24. The van der Waals surface area contributed by atoms with Crippen LogP contribution in [-0.4, -0.2) is 33.3 Å². The molecule has 25 heavy (non-hydrogen) atoms. The minimum Gasteiger partial charge on any atom is -0.357 e. The summed E-state index contributed by atoms with van der Waals surface area (Å²) >= 11 is 0. The summed E-state index contributed by atoms with van der Waals surface area (Å²) in [6.45, 7) is 6.88. The number of aliphatic imine (C=N–C) groups is 1. The van der Waals surface area contributed by atoms with Gasteiger partial charge in [-0.15, -0.1) is 10.2 Å². The summed E-state index contributed by atoms with van der Waals surface area (Å²) < 4.78 is 2.22. The average Bonchev–Trinajstić information content (AvgIpc) is 3.23. The predicted molar refractivity (Wildman–Crippen MR) is 102 cm³/mol. The Morgan fingerprint density at radius 2 is 2.08 bits per heavy atom. The van der Waals surface area contributed by atoms with E-state index in [1.54, 1.807) is 0 Å². The second-order valence-electron chi connectivity index (χ2n) is 7.61. The molecule has 1 aromatic heterocycles. The van der Waals surface area contributed by atoms with Gasteiger partial charge in [-0.05, 0) is 39.0 Å². The van der Waals surface area contributed by atoms with Gasteiger partial charge in [-0.1, -0.05) is 32.1 Å². The number of rotatable bonds is 7. The Kier molecular flexibility index (Phi) is 6.70. The SMILES string of the molecule is CCNC(=NCc1nnc2n1CCC2)NC(C)CCC1CCCCC1. The van der Waals surface area contributed by atoms with E-state index in [9.17, 15) is 0 Å². The van der Waals surface area contributed by atoms with Crippen LogP contribution in [0.25, 0.3) is 0 Å². The normalized spacial score (nSPS) is 19.7. The van der Waals surface area contributed by atoms with Crippen LogP contribution < -0.4 is 10.6 Å². The summed E-state index contributed by atoms with van der Waals surface area (Å²) in [5.41, 5.74) is 0. The third-order valence-electron chi connectivity index (χ3n) is 5.52. The molecule has 6 nitrogen and oxygen atoms in total. The predicted octanol–water partition coefficient (Wildman–Crippen LogP) is 3.03. The molecule has 1 aliphatic carbocycles. The molecule has 1 aromatic rings. The highest BCUT2D eigenvalue weighted by molar-refractivity contribution is 5.79. The number of aryl methyl sites for hydroxylation is 1. The third kappa shape index (κ3) is 5.19. The molecule has 0 amide bonds. The number of hydrogen-bond acceptors (Lipinski definition) is 3. The Labute approximate surface area is 151 Å². The topological polar surface area (TPSA) is 67.1 Å². The van der Waals surface area contributed by atoms with Gasteiger partial charge in [0.15, 0.2) is 11.8 Å². The number of guanidine groups is 1. The first-order valence-corrected chi connectivity index (χ1v) is 10.2. The molecule has 1 unspecified atom stereocenters. The maximum atomic E-state index is 4.74. The quantitative estimate of drug-likeness (QED) is 0.588. The fourth-order valence-electron chi connectivity index (χ4n) is 4.06. The number of nitrogens with zero attached hydrogens (tertiary/aromatic N) is 4. The van der Waals surface area contributed by atoms with Crippen molar-refractivity contribution in [3.8, 4) is 0 Å². The van der Waals surface area contributed by atoms with Gasteiger partial charge < -0.3 is 15.2 Å². The highest BCUT2D eigenvalue weighted by Crippen LogP contribution is 2.27. The number of nitrogens with one attached hydrogen (secondary N) is 2. The molecule has 2 N–H and O–H groups in total. The van der Waals surface area contributed by atoms with Crippen LogP contribution in [0.2, 0.25) is 0 Å². The summed E-state index contributed by atoms with van der Waals surface area (Å²) in [5, 5.41) is 15.5. The monoisotopic (exact) mass is 346 g/mol. The van der Waals surface area contributed by atoms with Crippen LogP contribution in [0, 0.1) is 5.92 Å². The van der Waals surface area contributed by atoms with E-state index in [0.717, 1.165) is 43.0 Å². The largest absolute Gasteiger partial charge is 0.357 e. The molecular weight excluding hydrogens is 312 g/mol. The Morgan fingerprint density at radius 3 is 2.88 bits per heavy atom. The second-order valence-corrected chi connectivity index (χ2v) is 7.61. The molecule has 3 rings (SSSR count). The van der Waals surface area contributed by atoms with Crippen LogP contribution in [0.3, 0.4) is 0 Å². The highest BCUT2D eigenvalue weighted by atomic mass is 15.3. The molecule has 0 saturated heterocycles. The molecule has 6 heteroatoms. The van der Waals surface area contributed by atoms with Gasteiger partial charge in [-0.3, -0.25) is 0 Å². The molecule has 0 bridgehead atoms. The zero-order valence-corrected chi connectivity index (χ0v) is 15.9. The van der Waals surface area contributed by atoms with Gasteiger partial charge in [-0.25, -0.2) is 4.99 Å². The van der Waals surface area contributed by atoms with E-state index in [0.29, 0.717) is 12.6 Å². The zero-order valence-electron chi connectivity index (χ0n) is 15.9. The second kappa shape index (κ2) is 9.20. The molecular formula is C19H34N6. The maximum absolute atomic E-state index is 4.74. The number of hydrogen-bond donors (Lipinski definition) is 2. The first-order chi connectivity index (χ1) is 12.3. The van der Waals surface area contributed by atoms with Gasteiger partial charge in [0.2, 0.25) is 0 Å². The molecule has 140 valence electrons. The number of aromatic nitrogens is 3. The van der Waals surface area contributed by atoms with Crippen molar-refractivity contribution in [3.63, 3.8) is 0 Å². The van der Waals surface area contributed by atoms with Crippen LogP contribution in [0.4, 0.5) is 0 Å². The summed E-state index contributed by atoms with van der Waals surface area (Å²) in [7, 11) is 0. The van der Waals surface area contributed by atoms with E-state index >= 15 is 0 Å². The third-order valence-corrected chi connectivity index (χ3v) is 5.52. The van der Waals surface area contributed by atoms with Crippen molar-refractivity contribution in [1.29, 1.82) is 0 Å². The summed E-state index contributed by atoms with van der Waals surface area (Å²) in [6, 6.07) is 0.448. The first kappa shape index (κ1) is 18.2. The van der Waals surface area contributed by atoms with Gasteiger partial charge in [0, 0.05) is 25.6 Å². The summed E-state index contributed by atoms with van der Waals surface area (Å²) in [6.07, 6.45) is 11.9. The van der Waals surface area contributed by atoms with Crippen molar-refractivity contribution in [3.05, 3.63) is 11.6 Å². The van der Waals surface area contributed by atoms with Crippen LogP contribution in [0.15, 0.2) is 4.99 Å². The first-order valence-electron chi connectivity index (χ1n) is 10.2. The van der Waals surface area contributed by atoms with Crippen LogP contribution >= 0.6 is 0 Å². The Hall–Kier alpha value is -1.59. The van der Waals surface area contributed by atoms with Crippen molar-refractivity contribution in [2.75, 3.05) is 6.54 Å². The minimum atomic E-state index is 0.448.